The third-order valence-electron chi connectivity index (χ3n) is 2.22. The SMILES string of the molecule is CC(N)C(=O)N(C)Cc1c(Cl)cccc1Cl.Cl. The number of halogens is 3. The molecule has 0 aliphatic rings. The highest BCUT2D eigenvalue weighted by molar-refractivity contribution is 6.36. The van der Waals surface area contributed by atoms with Gasteiger partial charge in [-0.25, -0.2) is 0 Å². The smallest absolute Gasteiger partial charge is 0.239 e. The third kappa shape index (κ3) is 4.36. The molecular formula is C11H15Cl3N2O. The summed E-state index contributed by atoms with van der Waals surface area (Å²) >= 11 is 12.0. The Morgan fingerprint density at radius 3 is 2.29 bits per heavy atom. The van der Waals surface area contributed by atoms with Gasteiger partial charge < -0.3 is 10.6 Å². The fourth-order valence-electron chi connectivity index (χ4n) is 1.35. The van der Waals surface area contributed by atoms with Crippen LogP contribution in [0.3, 0.4) is 0 Å². The molecular weight excluding hydrogens is 282 g/mol. The van der Waals surface area contributed by atoms with Crippen LogP contribution in [0.25, 0.3) is 0 Å². The van der Waals surface area contributed by atoms with Crippen molar-refractivity contribution in [1.29, 1.82) is 0 Å². The predicted octanol–water partition coefficient (Wildman–Crippen LogP) is 2.72. The van der Waals surface area contributed by atoms with Gasteiger partial charge in [-0.1, -0.05) is 29.3 Å². The number of hydrogen-bond donors (Lipinski definition) is 1. The highest BCUT2D eigenvalue weighted by atomic mass is 35.5. The number of carbonyl (C=O) groups is 1. The molecule has 0 fully saturated rings. The molecule has 0 spiro atoms. The van der Waals surface area contributed by atoms with Crippen molar-refractivity contribution in [2.75, 3.05) is 7.05 Å². The lowest BCUT2D eigenvalue weighted by Crippen LogP contribution is -2.39. The number of nitrogens with two attached hydrogens (primary N) is 1. The molecule has 0 aliphatic heterocycles. The molecule has 96 valence electrons. The molecule has 17 heavy (non-hydrogen) atoms. The van der Waals surface area contributed by atoms with Crippen molar-refractivity contribution in [3.8, 4) is 0 Å². The molecule has 0 radical (unpaired) electrons. The Balaban J connectivity index is 0.00000256. The normalized spacial score (nSPS) is 11.6. The molecule has 0 aliphatic carbocycles. The zero-order valence-electron chi connectivity index (χ0n) is 9.61. The van der Waals surface area contributed by atoms with Gasteiger partial charge in [-0.15, -0.1) is 12.4 Å². The lowest BCUT2D eigenvalue weighted by Gasteiger charge is -2.20. The van der Waals surface area contributed by atoms with Crippen molar-refractivity contribution in [1.82, 2.24) is 4.90 Å². The minimum absolute atomic E-state index is 0. The van der Waals surface area contributed by atoms with Crippen LogP contribution < -0.4 is 5.73 Å². The molecule has 1 rings (SSSR count). The van der Waals surface area contributed by atoms with Gasteiger partial charge in [0.2, 0.25) is 5.91 Å². The Morgan fingerprint density at radius 1 is 1.41 bits per heavy atom. The van der Waals surface area contributed by atoms with Crippen LogP contribution in [0, 0.1) is 0 Å². The topological polar surface area (TPSA) is 46.3 Å². The van der Waals surface area contributed by atoms with Gasteiger partial charge in [0.1, 0.15) is 0 Å². The minimum atomic E-state index is -0.522. The van der Waals surface area contributed by atoms with Crippen molar-refractivity contribution >= 4 is 41.5 Å². The molecule has 0 aromatic heterocycles. The molecule has 3 nitrogen and oxygen atoms in total. The number of rotatable bonds is 3. The summed E-state index contributed by atoms with van der Waals surface area (Å²) in [5.74, 6) is -0.143. The zero-order chi connectivity index (χ0) is 12.3. The second-order valence-electron chi connectivity index (χ2n) is 3.68. The van der Waals surface area contributed by atoms with E-state index in [4.69, 9.17) is 28.9 Å². The van der Waals surface area contributed by atoms with Gasteiger partial charge in [-0.2, -0.15) is 0 Å². The molecule has 0 saturated heterocycles. The van der Waals surface area contributed by atoms with Gasteiger partial charge in [-0.3, -0.25) is 4.79 Å². The van der Waals surface area contributed by atoms with Crippen molar-refractivity contribution in [2.45, 2.75) is 19.5 Å². The number of amides is 1. The van der Waals surface area contributed by atoms with E-state index >= 15 is 0 Å². The Hall–Kier alpha value is -0.480. The Bertz CT molecular complexity index is 376. The maximum Gasteiger partial charge on any atom is 0.239 e. The summed E-state index contributed by atoms with van der Waals surface area (Å²) < 4.78 is 0. The van der Waals surface area contributed by atoms with Crippen molar-refractivity contribution < 1.29 is 4.79 Å². The van der Waals surface area contributed by atoms with Crippen molar-refractivity contribution in [3.63, 3.8) is 0 Å². The maximum atomic E-state index is 11.6. The van der Waals surface area contributed by atoms with Crippen LogP contribution in [0.2, 0.25) is 10.0 Å². The van der Waals surface area contributed by atoms with Gasteiger partial charge in [0, 0.05) is 29.2 Å². The van der Waals surface area contributed by atoms with E-state index in [0.29, 0.717) is 16.6 Å². The summed E-state index contributed by atoms with van der Waals surface area (Å²) in [5, 5.41) is 1.11. The van der Waals surface area contributed by atoms with E-state index in [-0.39, 0.29) is 18.3 Å². The summed E-state index contributed by atoms with van der Waals surface area (Å²) in [7, 11) is 1.67. The molecule has 1 atom stereocenters. The van der Waals surface area contributed by atoms with Gasteiger partial charge in [-0.05, 0) is 19.1 Å². The summed E-state index contributed by atoms with van der Waals surface area (Å²) in [6, 6.07) is 4.73. The molecule has 0 bridgehead atoms. The zero-order valence-corrected chi connectivity index (χ0v) is 11.9. The Kier molecular flexibility index (Phi) is 6.87. The highest BCUT2D eigenvalue weighted by Gasteiger charge is 2.16. The molecule has 0 saturated carbocycles. The first kappa shape index (κ1) is 16.5. The molecule has 1 aromatic carbocycles. The van der Waals surface area contributed by atoms with Crippen LogP contribution in [-0.2, 0) is 11.3 Å². The molecule has 1 unspecified atom stereocenters. The lowest BCUT2D eigenvalue weighted by molar-refractivity contribution is -0.131. The van der Waals surface area contributed by atoms with E-state index in [2.05, 4.69) is 0 Å². The fourth-order valence-corrected chi connectivity index (χ4v) is 1.86. The summed E-state index contributed by atoms with van der Waals surface area (Å²) in [4.78, 5) is 13.1. The first-order chi connectivity index (χ1) is 7.43. The average molecular weight is 298 g/mol. The van der Waals surface area contributed by atoms with Crippen LogP contribution in [0.1, 0.15) is 12.5 Å². The van der Waals surface area contributed by atoms with Crippen LogP contribution in [0.15, 0.2) is 18.2 Å². The monoisotopic (exact) mass is 296 g/mol. The Morgan fingerprint density at radius 2 is 1.88 bits per heavy atom. The van der Waals surface area contributed by atoms with Crippen LogP contribution in [-0.4, -0.2) is 23.9 Å². The first-order valence-corrected chi connectivity index (χ1v) is 5.62. The van der Waals surface area contributed by atoms with Gasteiger partial charge in [0.25, 0.3) is 0 Å². The third-order valence-corrected chi connectivity index (χ3v) is 2.93. The number of hydrogen-bond acceptors (Lipinski definition) is 2. The van der Waals surface area contributed by atoms with E-state index in [0.717, 1.165) is 5.56 Å². The standard InChI is InChI=1S/C11H14Cl2N2O.ClH/c1-7(14)11(16)15(2)6-8-9(12)4-3-5-10(8)13;/h3-5,7H,6,14H2,1-2H3;1H. The number of nitrogens with zero attached hydrogens (tertiary/aromatic N) is 1. The number of likely N-dealkylation sites (N-methyl/N-ethyl adjacent to an activating group) is 1. The van der Waals surface area contributed by atoms with E-state index in [9.17, 15) is 4.79 Å². The molecule has 0 heterocycles. The highest BCUT2D eigenvalue weighted by Crippen LogP contribution is 2.25. The fraction of sp³-hybridized carbons (Fsp3) is 0.364. The summed E-state index contributed by atoms with van der Waals surface area (Å²) in [6.07, 6.45) is 0. The van der Waals surface area contributed by atoms with Crippen LogP contribution in [0.5, 0.6) is 0 Å². The van der Waals surface area contributed by atoms with E-state index in [1.165, 1.54) is 4.90 Å². The quantitative estimate of drug-likeness (QED) is 0.932. The largest absolute Gasteiger partial charge is 0.340 e. The molecule has 1 aromatic rings. The molecule has 2 N–H and O–H groups in total. The second kappa shape index (κ2) is 7.07. The van der Waals surface area contributed by atoms with E-state index < -0.39 is 6.04 Å². The van der Waals surface area contributed by atoms with Gasteiger partial charge >= 0.3 is 0 Å². The maximum absolute atomic E-state index is 11.6. The first-order valence-electron chi connectivity index (χ1n) is 4.87. The predicted molar refractivity (Wildman–Crippen MR) is 73.8 cm³/mol. The van der Waals surface area contributed by atoms with Crippen LogP contribution in [0.4, 0.5) is 0 Å². The van der Waals surface area contributed by atoms with Gasteiger partial charge in [0.15, 0.2) is 0 Å². The summed E-state index contributed by atoms with van der Waals surface area (Å²) in [6.45, 7) is 2.01. The average Bonchev–Trinajstić information content (AvgIpc) is 2.22. The van der Waals surface area contributed by atoms with Crippen molar-refractivity contribution in [2.24, 2.45) is 5.73 Å². The lowest BCUT2D eigenvalue weighted by atomic mass is 10.2. The number of carbonyl (C=O) groups excluding carboxylic acids is 1. The second-order valence-corrected chi connectivity index (χ2v) is 4.50. The molecule has 6 heteroatoms. The van der Waals surface area contributed by atoms with Crippen LogP contribution >= 0.6 is 35.6 Å². The minimum Gasteiger partial charge on any atom is -0.340 e. The number of benzene rings is 1. The Labute approximate surface area is 117 Å². The van der Waals surface area contributed by atoms with Crippen molar-refractivity contribution in [3.05, 3.63) is 33.8 Å². The molecule has 1 amide bonds. The van der Waals surface area contributed by atoms with Gasteiger partial charge in [0.05, 0.1) is 6.04 Å². The van der Waals surface area contributed by atoms with E-state index in [1.54, 1.807) is 32.2 Å². The van der Waals surface area contributed by atoms with E-state index in [1.807, 2.05) is 0 Å². The summed E-state index contributed by atoms with van der Waals surface area (Å²) in [5.41, 5.74) is 6.25.